The fraction of sp³-hybridized carbons (Fsp3) is 0.353. The second-order valence-corrected chi connectivity index (χ2v) is 5.50. The lowest BCUT2D eigenvalue weighted by Gasteiger charge is -2.28. The predicted molar refractivity (Wildman–Crippen MR) is 93.8 cm³/mol. The fourth-order valence-corrected chi connectivity index (χ4v) is 2.68. The van der Waals surface area contributed by atoms with Gasteiger partial charge in [-0.1, -0.05) is 18.2 Å². The minimum absolute atomic E-state index is 0.889. The molecule has 1 aliphatic rings. The molecule has 0 saturated carbocycles. The number of rotatable bonds is 4. The van der Waals surface area contributed by atoms with E-state index < -0.39 is 0 Å². The van der Waals surface area contributed by atoms with Crippen molar-refractivity contribution in [1.29, 1.82) is 0 Å². The molecule has 1 aliphatic heterocycles. The third-order valence-corrected chi connectivity index (χ3v) is 3.92. The quantitative estimate of drug-likeness (QED) is 0.662. The molecule has 0 spiro atoms. The van der Waals surface area contributed by atoms with E-state index in [-0.39, 0.29) is 0 Å². The number of nitrogens with zero attached hydrogens (tertiary/aromatic N) is 4. The maximum Gasteiger partial charge on any atom is 0.147 e. The average Bonchev–Trinajstić information content (AvgIpc) is 2.63. The van der Waals surface area contributed by atoms with Crippen LogP contribution < -0.4 is 15.6 Å². The minimum atomic E-state index is 0.889. The molecule has 1 aromatic carbocycles. The normalized spacial score (nSPS) is 15.6. The number of nitrogens with one attached hydrogen (secondary N) is 2. The summed E-state index contributed by atoms with van der Waals surface area (Å²) in [4.78, 5) is 11.4. The molecule has 120 valence electrons. The van der Waals surface area contributed by atoms with Crippen molar-refractivity contribution in [3.63, 3.8) is 0 Å². The van der Waals surface area contributed by atoms with E-state index >= 15 is 0 Å². The Bertz CT molecular complexity index is 691. The van der Waals surface area contributed by atoms with Gasteiger partial charge in [-0.3, -0.25) is 4.98 Å². The van der Waals surface area contributed by atoms with Crippen LogP contribution in [0.2, 0.25) is 0 Å². The maximum atomic E-state index is 4.79. The number of benzene rings is 1. The largest absolute Gasteiger partial charge is 0.353 e. The molecular weight excluding hydrogens is 288 g/mol. The summed E-state index contributed by atoms with van der Waals surface area (Å²) in [6.45, 7) is 5.89. The van der Waals surface area contributed by atoms with E-state index in [0.29, 0.717) is 0 Å². The van der Waals surface area contributed by atoms with Gasteiger partial charge in [-0.15, -0.1) is 0 Å². The molecule has 23 heavy (non-hydrogen) atoms. The van der Waals surface area contributed by atoms with Gasteiger partial charge in [-0.05, 0) is 18.6 Å². The zero-order chi connectivity index (χ0) is 16.1. The third kappa shape index (κ3) is 3.65. The molecule has 6 nitrogen and oxygen atoms in total. The van der Waals surface area contributed by atoms with Gasteiger partial charge in [0.05, 0.1) is 23.8 Å². The molecule has 1 saturated heterocycles. The number of hydrogen-bond acceptors (Lipinski definition) is 6. The summed E-state index contributed by atoms with van der Waals surface area (Å²) in [5, 5.41) is 7.59. The van der Waals surface area contributed by atoms with Gasteiger partial charge in [-0.2, -0.15) is 5.10 Å². The van der Waals surface area contributed by atoms with Gasteiger partial charge in [0.2, 0.25) is 0 Å². The minimum Gasteiger partial charge on any atom is -0.353 e. The average molecular weight is 310 g/mol. The Hall–Kier alpha value is -2.47. The Morgan fingerprint density at radius 3 is 2.87 bits per heavy atom. The van der Waals surface area contributed by atoms with E-state index in [1.165, 1.54) is 0 Å². The first kappa shape index (κ1) is 15.4. The first-order valence-corrected chi connectivity index (χ1v) is 7.87. The van der Waals surface area contributed by atoms with Crippen molar-refractivity contribution >= 4 is 11.5 Å². The van der Waals surface area contributed by atoms with E-state index in [2.05, 4.69) is 37.9 Å². The van der Waals surface area contributed by atoms with Gasteiger partial charge in [0.15, 0.2) is 0 Å². The molecule has 3 rings (SSSR count). The van der Waals surface area contributed by atoms with Crippen molar-refractivity contribution in [2.45, 2.75) is 6.92 Å². The van der Waals surface area contributed by atoms with Gasteiger partial charge >= 0.3 is 0 Å². The molecule has 0 aliphatic carbocycles. The predicted octanol–water partition coefficient (Wildman–Crippen LogP) is 1.50. The topological polar surface area (TPSA) is 65.4 Å². The lowest BCUT2D eigenvalue weighted by Crippen LogP contribution is -2.43. The summed E-state index contributed by atoms with van der Waals surface area (Å²) in [6.07, 6.45) is 3.65. The number of aromatic nitrogens is 2. The van der Waals surface area contributed by atoms with Crippen molar-refractivity contribution in [2.75, 3.05) is 38.1 Å². The summed E-state index contributed by atoms with van der Waals surface area (Å²) in [7, 11) is 1.80. The summed E-state index contributed by atoms with van der Waals surface area (Å²) < 4.78 is 0. The molecule has 0 unspecified atom stereocenters. The highest BCUT2D eigenvalue weighted by molar-refractivity contribution is 5.99. The molecule has 2 N–H and O–H groups in total. The Kier molecular flexibility index (Phi) is 4.83. The van der Waals surface area contributed by atoms with E-state index in [1.54, 1.807) is 7.05 Å². The van der Waals surface area contributed by atoms with Crippen molar-refractivity contribution in [2.24, 2.45) is 5.10 Å². The molecule has 1 fully saturated rings. The van der Waals surface area contributed by atoms with Crippen molar-refractivity contribution in [3.05, 3.63) is 42.2 Å². The van der Waals surface area contributed by atoms with Crippen LogP contribution in [0.25, 0.3) is 11.3 Å². The first-order valence-electron chi connectivity index (χ1n) is 7.87. The highest BCUT2D eigenvalue weighted by atomic mass is 15.3. The van der Waals surface area contributed by atoms with Crippen LogP contribution in [-0.2, 0) is 0 Å². The second-order valence-electron chi connectivity index (χ2n) is 5.50. The highest BCUT2D eigenvalue weighted by Gasteiger charge is 2.13. The molecular formula is C17H22N6. The van der Waals surface area contributed by atoms with Crippen LogP contribution >= 0.6 is 0 Å². The Morgan fingerprint density at radius 2 is 2.09 bits per heavy atom. The molecule has 2 aromatic rings. The van der Waals surface area contributed by atoms with Crippen molar-refractivity contribution in [1.82, 2.24) is 20.7 Å². The van der Waals surface area contributed by atoms with E-state index in [1.807, 2.05) is 31.5 Å². The SMILES string of the molecule is CN/N=C(/C)c1cccc(-c2cncc(N3CCNCC3)n2)c1. The molecule has 6 heteroatoms. The van der Waals surface area contributed by atoms with Crippen LogP contribution in [-0.4, -0.2) is 48.9 Å². The van der Waals surface area contributed by atoms with E-state index in [0.717, 1.165) is 54.5 Å². The van der Waals surface area contributed by atoms with Crippen LogP contribution in [0.15, 0.2) is 41.8 Å². The van der Waals surface area contributed by atoms with Crippen LogP contribution in [0.3, 0.4) is 0 Å². The lowest BCUT2D eigenvalue weighted by molar-refractivity contribution is 0.584. The summed E-state index contributed by atoms with van der Waals surface area (Å²) in [6, 6.07) is 8.23. The third-order valence-electron chi connectivity index (χ3n) is 3.92. The van der Waals surface area contributed by atoms with Crippen molar-refractivity contribution in [3.8, 4) is 11.3 Å². The molecule has 0 amide bonds. The Labute approximate surface area is 136 Å². The van der Waals surface area contributed by atoms with Gasteiger partial charge < -0.3 is 15.6 Å². The summed E-state index contributed by atoms with van der Waals surface area (Å²) >= 11 is 0. The molecule has 0 bridgehead atoms. The van der Waals surface area contributed by atoms with Gasteiger partial charge in [-0.25, -0.2) is 4.98 Å². The summed E-state index contributed by atoms with van der Waals surface area (Å²) in [5.74, 6) is 0.940. The van der Waals surface area contributed by atoms with Gasteiger partial charge in [0.1, 0.15) is 5.82 Å². The molecule has 0 radical (unpaired) electrons. The zero-order valence-electron chi connectivity index (χ0n) is 13.6. The molecule has 0 atom stereocenters. The molecule has 2 heterocycles. The zero-order valence-corrected chi connectivity index (χ0v) is 13.6. The monoisotopic (exact) mass is 310 g/mol. The smallest absolute Gasteiger partial charge is 0.147 e. The fourth-order valence-electron chi connectivity index (χ4n) is 2.68. The van der Waals surface area contributed by atoms with Crippen LogP contribution in [0.5, 0.6) is 0 Å². The van der Waals surface area contributed by atoms with Crippen LogP contribution in [0.4, 0.5) is 5.82 Å². The van der Waals surface area contributed by atoms with Gasteiger partial charge in [0, 0.05) is 38.8 Å². The standard InChI is InChI=1S/C17H22N6/c1-13(22-18-2)14-4-3-5-15(10-14)16-11-20-12-17(21-16)23-8-6-19-7-9-23/h3-5,10-12,18-19H,6-9H2,1-2H3/b22-13-. The van der Waals surface area contributed by atoms with Gasteiger partial charge in [0.25, 0.3) is 0 Å². The number of hydrogen-bond donors (Lipinski definition) is 2. The summed E-state index contributed by atoms with van der Waals surface area (Å²) in [5.41, 5.74) is 6.79. The number of anilines is 1. The second kappa shape index (κ2) is 7.19. The first-order chi connectivity index (χ1) is 11.3. The maximum absolute atomic E-state index is 4.79. The Balaban J connectivity index is 1.89. The van der Waals surface area contributed by atoms with Crippen LogP contribution in [0.1, 0.15) is 12.5 Å². The van der Waals surface area contributed by atoms with Crippen molar-refractivity contribution < 1.29 is 0 Å². The Morgan fingerprint density at radius 1 is 1.26 bits per heavy atom. The lowest BCUT2D eigenvalue weighted by atomic mass is 10.1. The van der Waals surface area contributed by atoms with E-state index in [9.17, 15) is 0 Å². The van der Waals surface area contributed by atoms with E-state index in [4.69, 9.17) is 4.98 Å². The molecule has 1 aromatic heterocycles. The number of piperazine rings is 1. The highest BCUT2D eigenvalue weighted by Crippen LogP contribution is 2.21. The van der Waals surface area contributed by atoms with Crippen LogP contribution in [0, 0.1) is 0 Å². The number of hydrazone groups is 1.